The smallest absolute Gasteiger partial charge is 0.191 e. The number of benzene rings is 1. The van der Waals surface area contributed by atoms with Gasteiger partial charge >= 0.3 is 0 Å². The number of para-hydroxylation sites is 1. The highest BCUT2D eigenvalue weighted by atomic mass is 16.3. The Kier molecular flexibility index (Phi) is 6.36. The van der Waals surface area contributed by atoms with E-state index >= 15 is 0 Å². The van der Waals surface area contributed by atoms with Gasteiger partial charge in [-0.25, -0.2) is 4.99 Å². The summed E-state index contributed by atoms with van der Waals surface area (Å²) in [5.74, 6) is 0.714. The molecule has 0 spiro atoms. The molecule has 0 saturated carbocycles. The lowest BCUT2D eigenvalue weighted by atomic mass is 10.0. The van der Waals surface area contributed by atoms with Gasteiger partial charge in [0.25, 0.3) is 0 Å². The van der Waals surface area contributed by atoms with E-state index in [9.17, 15) is 5.11 Å². The first-order valence-corrected chi connectivity index (χ1v) is 9.78. The fourth-order valence-corrected chi connectivity index (χ4v) is 3.19. The molecule has 3 rings (SSSR count). The number of aryl methyl sites for hydroxylation is 2. The van der Waals surface area contributed by atoms with Crippen LogP contribution in [-0.2, 0) is 19.1 Å². The van der Waals surface area contributed by atoms with Crippen molar-refractivity contribution in [2.75, 3.05) is 19.6 Å². The van der Waals surface area contributed by atoms with Gasteiger partial charge in [-0.05, 0) is 38.3 Å². The number of nitrogens with one attached hydrogen (secondary N) is 3. The first kappa shape index (κ1) is 19.9. The average Bonchev–Trinajstić information content (AvgIpc) is 3.30. The van der Waals surface area contributed by atoms with Crippen molar-refractivity contribution in [2.45, 2.75) is 32.3 Å². The van der Waals surface area contributed by atoms with Gasteiger partial charge in [-0.3, -0.25) is 4.68 Å². The van der Waals surface area contributed by atoms with E-state index in [1.807, 2.05) is 26.2 Å². The Bertz CT molecular complexity index is 924. The third-order valence-corrected chi connectivity index (χ3v) is 4.81. The Morgan fingerprint density at radius 2 is 2.14 bits per heavy atom. The molecule has 0 fully saturated rings. The van der Waals surface area contributed by atoms with Gasteiger partial charge in [-0.15, -0.1) is 0 Å². The van der Waals surface area contributed by atoms with Crippen LogP contribution in [0.1, 0.15) is 31.4 Å². The fourth-order valence-electron chi connectivity index (χ4n) is 3.19. The van der Waals surface area contributed by atoms with Crippen LogP contribution in [0.4, 0.5) is 0 Å². The zero-order chi connectivity index (χ0) is 20.0. The van der Waals surface area contributed by atoms with E-state index in [1.165, 1.54) is 16.5 Å². The van der Waals surface area contributed by atoms with Crippen molar-refractivity contribution in [1.82, 2.24) is 25.4 Å². The molecule has 2 heterocycles. The number of hydrogen-bond donors (Lipinski definition) is 4. The van der Waals surface area contributed by atoms with Crippen LogP contribution in [0, 0.1) is 0 Å². The molecule has 150 valence electrons. The molecule has 0 radical (unpaired) electrons. The molecule has 0 aliphatic rings. The summed E-state index contributed by atoms with van der Waals surface area (Å²) in [6.45, 7) is 5.62. The van der Waals surface area contributed by atoms with Crippen LogP contribution in [0.5, 0.6) is 0 Å². The number of fused-ring (bicyclic) bond motifs is 1. The van der Waals surface area contributed by atoms with E-state index in [1.54, 1.807) is 17.8 Å². The van der Waals surface area contributed by atoms with E-state index < -0.39 is 5.60 Å². The summed E-state index contributed by atoms with van der Waals surface area (Å²) in [7, 11) is 1.84. The minimum atomic E-state index is -1.05. The molecule has 1 aromatic carbocycles. The minimum Gasteiger partial charge on any atom is -0.383 e. The molecule has 3 aromatic rings. The van der Waals surface area contributed by atoms with Gasteiger partial charge in [-0.1, -0.05) is 18.2 Å². The van der Waals surface area contributed by atoms with Crippen molar-refractivity contribution in [3.8, 4) is 0 Å². The highest BCUT2D eigenvalue weighted by molar-refractivity contribution is 5.83. The summed E-state index contributed by atoms with van der Waals surface area (Å²) in [6.07, 6.45) is 7.57. The van der Waals surface area contributed by atoms with Crippen LogP contribution >= 0.6 is 0 Å². The quantitative estimate of drug-likeness (QED) is 0.273. The predicted molar refractivity (Wildman–Crippen MR) is 113 cm³/mol. The molecule has 7 nitrogen and oxygen atoms in total. The van der Waals surface area contributed by atoms with Gasteiger partial charge < -0.3 is 20.7 Å². The molecule has 4 N–H and O–H groups in total. The first-order chi connectivity index (χ1) is 13.5. The van der Waals surface area contributed by atoms with Crippen molar-refractivity contribution in [2.24, 2.45) is 12.0 Å². The number of rotatable bonds is 8. The Hall–Kier alpha value is -2.80. The highest BCUT2D eigenvalue weighted by Gasteiger charge is 2.24. The lowest BCUT2D eigenvalue weighted by Crippen LogP contribution is -2.39. The normalized spacial score (nSPS) is 14.2. The number of H-pyrrole nitrogens is 1. The maximum Gasteiger partial charge on any atom is 0.191 e. The topological polar surface area (TPSA) is 90.3 Å². The Morgan fingerprint density at radius 1 is 1.32 bits per heavy atom. The number of hydrogen-bond acceptors (Lipinski definition) is 3. The van der Waals surface area contributed by atoms with Gasteiger partial charge in [0.05, 0.1) is 12.7 Å². The summed E-state index contributed by atoms with van der Waals surface area (Å²) in [5.41, 5.74) is 2.21. The largest absolute Gasteiger partial charge is 0.383 e. The van der Waals surface area contributed by atoms with E-state index in [4.69, 9.17) is 0 Å². The van der Waals surface area contributed by atoms with E-state index in [-0.39, 0.29) is 6.54 Å². The Labute approximate surface area is 165 Å². The SMILES string of the molecule is CCNC(=NCC(C)(O)c1cnn(C)c1)NCCCc1c[nH]c2ccccc12. The first-order valence-electron chi connectivity index (χ1n) is 9.78. The Morgan fingerprint density at radius 3 is 2.89 bits per heavy atom. The van der Waals surface area contributed by atoms with Crippen molar-refractivity contribution >= 4 is 16.9 Å². The molecule has 1 atom stereocenters. The maximum atomic E-state index is 10.7. The lowest BCUT2D eigenvalue weighted by molar-refractivity contribution is 0.0672. The Balaban J connectivity index is 1.53. The third-order valence-electron chi connectivity index (χ3n) is 4.81. The second kappa shape index (κ2) is 8.93. The van der Waals surface area contributed by atoms with E-state index in [2.05, 4.69) is 50.1 Å². The summed E-state index contributed by atoms with van der Waals surface area (Å²) in [6, 6.07) is 8.37. The molecule has 2 aromatic heterocycles. The summed E-state index contributed by atoms with van der Waals surface area (Å²) in [5, 5.41) is 22.7. The summed E-state index contributed by atoms with van der Waals surface area (Å²) < 4.78 is 1.68. The molecule has 28 heavy (non-hydrogen) atoms. The number of nitrogens with zero attached hydrogens (tertiary/aromatic N) is 3. The average molecular weight is 383 g/mol. The maximum absolute atomic E-state index is 10.7. The highest BCUT2D eigenvalue weighted by Crippen LogP contribution is 2.20. The number of aromatic amines is 1. The van der Waals surface area contributed by atoms with Crippen molar-refractivity contribution in [1.29, 1.82) is 0 Å². The summed E-state index contributed by atoms with van der Waals surface area (Å²) >= 11 is 0. The molecule has 0 saturated heterocycles. The van der Waals surface area contributed by atoms with E-state index in [0.29, 0.717) is 5.96 Å². The second-order valence-electron chi connectivity index (χ2n) is 7.26. The summed E-state index contributed by atoms with van der Waals surface area (Å²) in [4.78, 5) is 7.88. The minimum absolute atomic E-state index is 0.260. The zero-order valence-electron chi connectivity index (χ0n) is 16.9. The van der Waals surface area contributed by atoms with Gasteiger partial charge in [0.2, 0.25) is 0 Å². The van der Waals surface area contributed by atoms with Crippen molar-refractivity contribution in [3.63, 3.8) is 0 Å². The lowest BCUT2D eigenvalue weighted by Gasteiger charge is -2.20. The van der Waals surface area contributed by atoms with Crippen LogP contribution in [-0.4, -0.2) is 45.5 Å². The van der Waals surface area contributed by atoms with Crippen LogP contribution in [0.25, 0.3) is 10.9 Å². The van der Waals surface area contributed by atoms with Crippen LogP contribution in [0.15, 0.2) is 47.8 Å². The van der Waals surface area contributed by atoms with Gasteiger partial charge in [0.1, 0.15) is 5.60 Å². The van der Waals surface area contributed by atoms with Gasteiger partial charge in [0.15, 0.2) is 5.96 Å². The fraction of sp³-hybridized carbons (Fsp3) is 0.429. The third kappa shape index (κ3) is 4.92. The number of aliphatic hydroxyl groups is 1. The molecule has 0 bridgehead atoms. The van der Waals surface area contributed by atoms with Crippen LogP contribution in [0.2, 0.25) is 0 Å². The second-order valence-corrected chi connectivity index (χ2v) is 7.26. The molecule has 0 aliphatic carbocycles. The van der Waals surface area contributed by atoms with Crippen molar-refractivity contribution < 1.29 is 5.11 Å². The molecule has 7 heteroatoms. The van der Waals surface area contributed by atoms with E-state index in [0.717, 1.165) is 31.5 Å². The number of guanidine groups is 1. The van der Waals surface area contributed by atoms with Crippen LogP contribution < -0.4 is 10.6 Å². The molecule has 0 aliphatic heterocycles. The number of aliphatic imine (C=N–C) groups is 1. The monoisotopic (exact) mass is 382 g/mol. The van der Waals surface area contributed by atoms with Gasteiger partial charge in [-0.2, -0.15) is 5.10 Å². The number of aromatic nitrogens is 3. The molecule has 1 unspecified atom stereocenters. The standard InChI is InChI=1S/C21H30N6O/c1-4-22-20(25-15-21(2,28)17-13-26-27(3)14-17)23-11-7-8-16-12-24-19-10-6-5-9-18(16)19/h5-6,9-10,12-14,24,28H,4,7-8,11,15H2,1-3H3,(H2,22,23,25). The molecule has 0 amide bonds. The van der Waals surface area contributed by atoms with Crippen molar-refractivity contribution in [3.05, 3.63) is 54.0 Å². The zero-order valence-corrected chi connectivity index (χ0v) is 16.9. The molecular formula is C21H30N6O. The van der Waals surface area contributed by atoms with Gasteiger partial charge in [0, 0.05) is 49.0 Å². The molecular weight excluding hydrogens is 352 g/mol. The predicted octanol–water partition coefficient (Wildman–Crippen LogP) is 2.30. The van der Waals surface area contributed by atoms with Crippen LogP contribution in [0.3, 0.4) is 0 Å².